The van der Waals surface area contributed by atoms with Crippen LogP contribution in [-0.2, 0) is 6.54 Å². The van der Waals surface area contributed by atoms with Gasteiger partial charge in [-0.2, -0.15) is 0 Å². The largest absolute Gasteiger partial charge is 0.477 e. The van der Waals surface area contributed by atoms with Crippen LogP contribution in [0.2, 0.25) is 0 Å². The molecule has 6 heteroatoms. The van der Waals surface area contributed by atoms with E-state index in [4.69, 9.17) is 0 Å². The number of carboxylic acid groups (broad SMARTS) is 1. The fourth-order valence-electron chi connectivity index (χ4n) is 2.27. The summed E-state index contributed by atoms with van der Waals surface area (Å²) in [6.07, 6.45) is 1.02. The number of hydrogen-bond acceptors (Lipinski definition) is 2. The smallest absolute Gasteiger partial charge is 0.352 e. The zero-order chi connectivity index (χ0) is 15.0. The molecule has 0 aliphatic heterocycles. The fraction of sp³-hybridized carbons (Fsp3) is 0.0667. The second kappa shape index (κ2) is 4.97. The molecule has 21 heavy (non-hydrogen) atoms. The first-order valence-corrected chi connectivity index (χ1v) is 6.17. The van der Waals surface area contributed by atoms with E-state index < -0.39 is 17.6 Å². The highest BCUT2D eigenvalue weighted by atomic mass is 19.1. The van der Waals surface area contributed by atoms with Crippen LogP contribution in [0, 0.1) is 11.6 Å². The summed E-state index contributed by atoms with van der Waals surface area (Å²) < 4.78 is 27.8. The van der Waals surface area contributed by atoms with Crippen LogP contribution >= 0.6 is 0 Å². The van der Waals surface area contributed by atoms with Crippen molar-refractivity contribution < 1.29 is 18.7 Å². The molecule has 2 aromatic heterocycles. The maximum Gasteiger partial charge on any atom is 0.352 e. The van der Waals surface area contributed by atoms with Crippen molar-refractivity contribution >= 4 is 17.0 Å². The van der Waals surface area contributed by atoms with E-state index in [0.29, 0.717) is 16.6 Å². The quantitative estimate of drug-likeness (QED) is 0.806. The Labute approximate surface area is 118 Å². The summed E-state index contributed by atoms with van der Waals surface area (Å²) in [7, 11) is 0. The number of rotatable bonds is 3. The van der Waals surface area contributed by atoms with Crippen LogP contribution in [0.4, 0.5) is 8.78 Å². The maximum atomic E-state index is 13.2. The molecule has 0 aliphatic carbocycles. The van der Waals surface area contributed by atoms with Gasteiger partial charge in [0, 0.05) is 11.9 Å². The molecule has 1 aromatic carbocycles. The molecule has 0 unspecified atom stereocenters. The number of halogens is 2. The number of hydrogen-bond donors (Lipinski definition) is 1. The highest BCUT2D eigenvalue weighted by Crippen LogP contribution is 2.21. The van der Waals surface area contributed by atoms with E-state index in [1.54, 1.807) is 12.1 Å². The Hall–Kier alpha value is -2.76. The van der Waals surface area contributed by atoms with Gasteiger partial charge in [0.2, 0.25) is 0 Å². The number of pyridine rings is 1. The van der Waals surface area contributed by atoms with Gasteiger partial charge in [0.25, 0.3) is 0 Å². The van der Waals surface area contributed by atoms with Crippen LogP contribution in [0.15, 0.2) is 42.6 Å². The molecule has 0 bridgehead atoms. The zero-order valence-electron chi connectivity index (χ0n) is 10.8. The van der Waals surface area contributed by atoms with Crippen LogP contribution in [0.25, 0.3) is 11.0 Å². The first-order chi connectivity index (χ1) is 10.0. The molecule has 106 valence electrons. The number of aromatic nitrogens is 2. The Bertz CT molecular complexity index is 843. The molecule has 3 rings (SSSR count). The summed E-state index contributed by atoms with van der Waals surface area (Å²) in [6, 6.07) is 8.43. The van der Waals surface area contributed by atoms with Crippen molar-refractivity contribution in [3.05, 3.63) is 65.5 Å². The number of fused-ring (bicyclic) bond motifs is 1. The second-order valence-corrected chi connectivity index (χ2v) is 4.62. The molecule has 1 N–H and O–H groups in total. The van der Waals surface area contributed by atoms with E-state index in [9.17, 15) is 18.7 Å². The number of carbonyl (C=O) groups is 1. The standard InChI is InChI=1S/C15H10F2N2O2/c16-11-3-1-2-9(4-11)8-19-13(15(20)21)6-10-5-12(17)7-18-14(10)19/h1-7H,8H2,(H,20,21). The summed E-state index contributed by atoms with van der Waals surface area (Å²) >= 11 is 0. The third kappa shape index (κ3) is 2.47. The summed E-state index contributed by atoms with van der Waals surface area (Å²) in [5.74, 6) is -2.09. The number of aromatic carboxylic acids is 1. The third-order valence-electron chi connectivity index (χ3n) is 3.15. The van der Waals surface area contributed by atoms with Gasteiger partial charge in [0.15, 0.2) is 0 Å². The van der Waals surface area contributed by atoms with E-state index >= 15 is 0 Å². The summed E-state index contributed by atoms with van der Waals surface area (Å²) in [4.78, 5) is 15.3. The Morgan fingerprint density at radius 1 is 1.19 bits per heavy atom. The van der Waals surface area contributed by atoms with Crippen LogP contribution in [0.1, 0.15) is 16.1 Å². The van der Waals surface area contributed by atoms with Gasteiger partial charge in [0.1, 0.15) is 23.0 Å². The van der Waals surface area contributed by atoms with Gasteiger partial charge in [-0.3, -0.25) is 0 Å². The minimum Gasteiger partial charge on any atom is -0.477 e. The molecular formula is C15H10F2N2O2. The molecule has 0 saturated heterocycles. The van der Waals surface area contributed by atoms with Gasteiger partial charge in [-0.15, -0.1) is 0 Å². The monoisotopic (exact) mass is 288 g/mol. The summed E-state index contributed by atoms with van der Waals surface area (Å²) in [5, 5.41) is 9.64. The van der Waals surface area contributed by atoms with Gasteiger partial charge in [0.05, 0.1) is 6.20 Å². The van der Waals surface area contributed by atoms with E-state index in [1.165, 1.54) is 28.8 Å². The fourth-order valence-corrected chi connectivity index (χ4v) is 2.27. The van der Waals surface area contributed by atoms with Crippen LogP contribution in [-0.4, -0.2) is 20.6 Å². The molecule has 0 fully saturated rings. The SMILES string of the molecule is O=C(O)c1cc2cc(F)cnc2n1Cc1cccc(F)c1. The first kappa shape index (κ1) is 13.2. The van der Waals surface area contributed by atoms with E-state index in [2.05, 4.69) is 4.98 Å². The predicted molar refractivity (Wildman–Crippen MR) is 72.2 cm³/mol. The van der Waals surface area contributed by atoms with Crippen LogP contribution in [0.5, 0.6) is 0 Å². The van der Waals surface area contributed by atoms with E-state index in [-0.39, 0.29) is 12.2 Å². The van der Waals surface area contributed by atoms with Crippen LogP contribution < -0.4 is 0 Å². The van der Waals surface area contributed by atoms with Crippen molar-refractivity contribution in [2.75, 3.05) is 0 Å². The zero-order valence-corrected chi connectivity index (χ0v) is 10.8. The molecule has 3 aromatic rings. The topological polar surface area (TPSA) is 55.1 Å². The number of nitrogens with zero attached hydrogens (tertiary/aromatic N) is 2. The normalized spacial score (nSPS) is 11.0. The Kier molecular flexibility index (Phi) is 3.13. The highest BCUT2D eigenvalue weighted by molar-refractivity contribution is 5.93. The maximum absolute atomic E-state index is 13.2. The Morgan fingerprint density at radius 3 is 2.71 bits per heavy atom. The Balaban J connectivity index is 2.15. The molecule has 0 radical (unpaired) electrons. The Morgan fingerprint density at radius 2 is 2.00 bits per heavy atom. The van der Waals surface area contributed by atoms with E-state index in [0.717, 1.165) is 6.20 Å². The second-order valence-electron chi connectivity index (χ2n) is 4.62. The lowest BCUT2D eigenvalue weighted by atomic mass is 10.2. The minimum atomic E-state index is -1.15. The molecular weight excluding hydrogens is 278 g/mol. The van der Waals surface area contributed by atoms with Crippen molar-refractivity contribution in [2.24, 2.45) is 0 Å². The van der Waals surface area contributed by atoms with Crippen molar-refractivity contribution in [3.63, 3.8) is 0 Å². The minimum absolute atomic E-state index is 0.0210. The molecule has 0 amide bonds. The lowest BCUT2D eigenvalue weighted by Gasteiger charge is -2.08. The van der Waals surface area contributed by atoms with Crippen molar-refractivity contribution in [3.8, 4) is 0 Å². The van der Waals surface area contributed by atoms with Gasteiger partial charge in [-0.05, 0) is 29.8 Å². The number of carboxylic acids is 1. The van der Waals surface area contributed by atoms with Gasteiger partial charge in [-0.25, -0.2) is 18.6 Å². The van der Waals surface area contributed by atoms with E-state index in [1.807, 2.05) is 0 Å². The highest BCUT2D eigenvalue weighted by Gasteiger charge is 2.16. The van der Waals surface area contributed by atoms with Crippen molar-refractivity contribution in [1.82, 2.24) is 9.55 Å². The summed E-state index contributed by atoms with van der Waals surface area (Å²) in [5.41, 5.74) is 0.923. The average molecular weight is 288 g/mol. The van der Waals surface area contributed by atoms with Gasteiger partial charge < -0.3 is 9.67 Å². The molecule has 4 nitrogen and oxygen atoms in total. The first-order valence-electron chi connectivity index (χ1n) is 6.17. The molecule has 0 spiro atoms. The predicted octanol–water partition coefficient (Wildman–Crippen LogP) is 3.06. The van der Waals surface area contributed by atoms with Crippen molar-refractivity contribution in [2.45, 2.75) is 6.54 Å². The van der Waals surface area contributed by atoms with Crippen molar-refractivity contribution in [1.29, 1.82) is 0 Å². The summed E-state index contributed by atoms with van der Waals surface area (Å²) in [6.45, 7) is 0.140. The third-order valence-corrected chi connectivity index (χ3v) is 3.15. The molecule has 0 saturated carbocycles. The number of benzene rings is 1. The molecule has 0 atom stereocenters. The lowest BCUT2D eigenvalue weighted by molar-refractivity contribution is 0.0686. The van der Waals surface area contributed by atoms with Crippen LogP contribution in [0.3, 0.4) is 0 Å². The average Bonchev–Trinajstić information content (AvgIpc) is 2.77. The molecule has 0 aliphatic rings. The van der Waals surface area contributed by atoms with Gasteiger partial charge >= 0.3 is 5.97 Å². The van der Waals surface area contributed by atoms with Gasteiger partial charge in [-0.1, -0.05) is 12.1 Å². The molecule has 2 heterocycles. The lowest BCUT2D eigenvalue weighted by Crippen LogP contribution is -2.10.